The van der Waals surface area contributed by atoms with E-state index in [-0.39, 0.29) is 29.0 Å². The number of carbonyl (C=O) groups excluding carboxylic acids is 4. The lowest BCUT2D eigenvalue weighted by Crippen LogP contribution is -2.53. The van der Waals surface area contributed by atoms with Crippen molar-refractivity contribution < 1.29 is 24.3 Å². The summed E-state index contributed by atoms with van der Waals surface area (Å²) in [5.41, 5.74) is 5.32. The molecule has 3 aromatic carbocycles. The molecular weight excluding hydrogens is 554 g/mol. The molecule has 2 heterocycles. The molecule has 0 radical (unpaired) electrons. The van der Waals surface area contributed by atoms with Crippen molar-refractivity contribution in [2.24, 2.45) is 23.7 Å². The van der Waals surface area contributed by atoms with Crippen molar-refractivity contribution in [1.29, 1.82) is 0 Å². The summed E-state index contributed by atoms with van der Waals surface area (Å²) in [5, 5.41) is 14.1. The van der Waals surface area contributed by atoms with Crippen molar-refractivity contribution in [3.8, 4) is 5.75 Å². The van der Waals surface area contributed by atoms with Crippen LogP contribution in [-0.2, 0) is 24.6 Å². The fourth-order valence-electron chi connectivity index (χ4n) is 7.75. The SMILES string of the molecule is Cc1ccc(NN2C(=O)[C@@H]3C[C@@H]4C(=CC[C@@H]5C(=O)NC(=O)[C@@H]54)[C@H](c4ccc(O)cc4Cl)[C@]3(c3ccccc3)C2=O)cc1. The topological polar surface area (TPSA) is 116 Å². The maximum absolute atomic E-state index is 14.9. The van der Waals surface area contributed by atoms with E-state index in [1.165, 1.54) is 12.1 Å². The monoisotopic (exact) mass is 581 g/mol. The molecule has 2 saturated heterocycles. The predicted molar refractivity (Wildman–Crippen MR) is 155 cm³/mol. The zero-order valence-electron chi connectivity index (χ0n) is 22.7. The minimum Gasteiger partial charge on any atom is -0.508 e. The first-order chi connectivity index (χ1) is 20.2. The van der Waals surface area contributed by atoms with Gasteiger partial charge < -0.3 is 5.11 Å². The highest BCUT2D eigenvalue weighted by Crippen LogP contribution is 2.64. The summed E-state index contributed by atoms with van der Waals surface area (Å²) >= 11 is 6.82. The number of rotatable bonds is 4. The molecule has 8 nitrogen and oxygen atoms in total. The number of anilines is 1. The van der Waals surface area contributed by atoms with Gasteiger partial charge >= 0.3 is 0 Å². The summed E-state index contributed by atoms with van der Waals surface area (Å²) in [4.78, 5) is 55.2. The Bertz CT molecular complexity index is 1690. The number of phenols is 1. The highest BCUT2D eigenvalue weighted by Gasteiger charge is 2.70. The van der Waals surface area contributed by atoms with Gasteiger partial charge in [0.15, 0.2) is 0 Å². The molecule has 6 atom stereocenters. The van der Waals surface area contributed by atoms with Gasteiger partial charge in [0.25, 0.3) is 11.8 Å². The van der Waals surface area contributed by atoms with Gasteiger partial charge in [-0.3, -0.25) is 29.9 Å². The van der Waals surface area contributed by atoms with E-state index in [0.29, 0.717) is 23.2 Å². The van der Waals surface area contributed by atoms with Crippen LogP contribution in [0, 0.1) is 30.6 Å². The first-order valence-corrected chi connectivity index (χ1v) is 14.4. The number of hydrogen-bond acceptors (Lipinski definition) is 6. The number of hydrogen-bond donors (Lipinski definition) is 3. The van der Waals surface area contributed by atoms with E-state index in [0.717, 1.165) is 16.1 Å². The normalized spacial score (nSPS) is 29.9. The van der Waals surface area contributed by atoms with E-state index in [1.54, 1.807) is 6.07 Å². The lowest BCUT2D eigenvalue weighted by molar-refractivity contribution is -0.138. The molecule has 2 aliphatic carbocycles. The van der Waals surface area contributed by atoms with Crippen molar-refractivity contribution in [3.63, 3.8) is 0 Å². The van der Waals surface area contributed by atoms with Crippen molar-refractivity contribution in [2.75, 3.05) is 5.43 Å². The van der Waals surface area contributed by atoms with E-state index < -0.39 is 46.8 Å². The number of nitrogens with zero attached hydrogens (tertiary/aromatic N) is 1. The van der Waals surface area contributed by atoms with E-state index in [4.69, 9.17) is 11.6 Å². The fourth-order valence-corrected chi connectivity index (χ4v) is 8.04. The van der Waals surface area contributed by atoms with E-state index >= 15 is 0 Å². The van der Waals surface area contributed by atoms with Crippen LogP contribution in [0.1, 0.15) is 35.4 Å². The van der Waals surface area contributed by atoms with Gasteiger partial charge in [-0.1, -0.05) is 77.3 Å². The second-order valence-corrected chi connectivity index (χ2v) is 12.1. The third-order valence-corrected chi connectivity index (χ3v) is 9.86. The number of benzene rings is 3. The molecule has 4 aliphatic rings. The average Bonchev–Trinajstić information content (AvgIpc) is 3.39. The van der Waals surface area contributed by atoms with Gasteiger partial charge in [-0.05, 0) is 61.1 Å². The molecule has 9 heteroatoms. The number of imide groups is 2. The van der Waals surface area contributed by atoms with E-state index in [1.807, 2.05) is 67.6 Å². The van der Waals surface area contributed by atoms with Crippen LogP contribution >= 0.6 is 11.6 Å². The highest BCUT2D eigenvalue weighted by molar-refractivity contribution is 6.31. The second kappa shape index (κ2) is 9.56. The molecule has 212 valence electrons. The Morgan fingerprint density at radius 3 is 2.40 bits per heavy atom. The van der Waals surface area contributed by atoms with Crippen LogP contribution in [0.4, 0.5) is 5.69 Å². The number of allylic oxidation sites excluding steroid dienone is 2. The smallest absolute Gasteiger partial charge is 0.260 e. The predicted octanol–water partition coefficient (Wildman–Crippen LogP) is 4.63. The van der Waals surface area contributed by atoms with Crippen LogP contribution in [0.3, 0.4) is 0 Å². The number of nitrogens with one attached hydrogen (secondary N) is 2. The van der Waals surface area contributed by atoms with E-state index in [9.17, 15) is 24.3 Å². The van der Waals surface area contributed by atoms with Crippen molar-refractivity contribution in [2.45, 2.75) is 31.1 Å². The molecule has 0 spiro atoms. The van der Waals surface area contributed by atoms with Gasteiger partial charge in [-0.15, -0.1) is 0 Å². The van der Waals surface area contributed by atoms with Gasteiger partial charge in [-0.2, -0.15) is 5.01 Å². The molecule has 3 fully saturated rings. The second-order valence-electron chi connectivity index (χ2n) is 11.7. The summed E-state index contributed by atoms with van der Waals surface area (Å²) in [6.07, 6.45) is 2.52. The molecule has 0 unspecified atom stereocenters. The number of carbonyl (C=O) groups is 4. The largest absolute Gasteiger partial charge is 0.508 e. The number of hydrazine groups is 1. The van der Waals surface area contributed by atoms with Crippen LogP contribution in [-0.4, -0.2) is 33.7 Å². The van der Waals surface area contributed by atoms with Gasteiger partial charge in [-0.25, -0.2) is 0 Å². The van der Waals surface area contributed by atoms with Crippen molar-refractivity contribution >= 4 is 40.9 Å². The Morgan fingerprint density at radius 1 is 0.952 bits per heavy atom. The van der Waals surface area contributed by atoms with Crippen LogP contribution in [0.5, 0.6) is 5.75 Å². The number of halogens is 1. The molecule has 1 saturated carbocycles. The third kappa shape index (κ3) is 3.67. The lowest BCUT2D eigenvalue weighted by atomic mass is 9.49. The van der Waals surface area contributed by atoms with Crippen LogP contribution in [0.25, 0.3) is 0 Å². The summed E-state index contributed by atoms with van der Waals surface area (Å²) in [5.74, 6) is -4.74. The van der Waals surface area contributed by atoms with Crippen molar-refractivity contribution in [3.05, 3.63) is 106 Å². The summed E-state index contributed by atoms with van der Waals surface area (Å²) in [6, 6.07) is 21.3. The molecule has 2 aliphatic heterocycles. The highest BCUT2D eigenvalue weighted by atomic mass is 35.5. The first-order valence-electron chi connectivity index (χ1n) is 14.0. The Kier molecular flexibility index (Phi) is 6.02. The lowest BCUT2D eigenvalue weighted by Gasteiger charge is -2.50. The fraction of sp³-hybridized carbons (Fsp3) is 0.273. The zero-order valence-corrected chi connectivity index (χ0v) is 23.5. The van der Waals surface area contributed by atoms with Crippen LogP contribution < -0.4 is 10.7 Å². The molecule has 3 aromatic rings. The first kappa shape index (κ1) is 26.5. The van der Waals surface area contributed by atoms with Gasteiger partial charge in [0.1, 0.15) is 5.75 Å². The zero-order chi connectivity index (χ0) is 29.3. The van der Waals surface area contributed by atoms with Crippen molar-refractivity contribution in [1.82, 2.24) is 10.3 Å². The third-order valence-electron chi connectivity index (χ3n) is 9.53. The number of aromatic hydroxyl groups is 1. The van der Waals surface area contributed by atoms with Crippen LogP contribution in [0.2, 0.25) is 5.02 Å². The standard InChI is InChI=1S/C33H28ClN3O5/c1-17-7-9-19(10-8-17)36-37-31(41)25-16-24-21(13-14-23-27(24)30(40)35-29(23)39)28(22-12-11-20(38)15-26(22)34)33(25,32(37)42)18-5-3-2-4-6-18/h2-13,15,23-25,27-28,36,38H,14,16H2,1H3,(H,35,39,40)/t23-,24+,25-,27-,28+,33+/m0/s1. The molecule has 7 rings (SSSR count). The molecule has 0 aromatic heterocycles. The Hall–Kier alpha value is -4.43. The van der Waals surface area contributed by atoms with Gasteiger partial charge in [0.05, 0.1) is 28.9 Å². The number of phenolic OH excluding ortho intramolecular Hbond substituents is 1. The molecule has 4 amide bonds. The van der Waals surface area contributed by atoms with Gasteiger partial charge in [0, 0.05) is 10.9 Å². The quantitative estimate of drug-likeness (QED) is 0.306. The number of fused-ring (bicyclic) bond motifs is 4. The summed E-state index contributed by atoms with van der Waals surface area (Å²) in [7, 11) is 0. The number of amides is 4. The Morgan fingerprint density at radius 2 is 1.69 bits per heavy atom. The Balaban J connectivity index is 1.47. The maximum atomic E-state index is 14.9. The van der Waals surface area contributed by atoms with E-state index in [2.05, 4.69) is 10.7 Å². The summed E-state index contributed by atoms with van der Waals surface area (Å²) in [6.45, 7) is 1.95. The summed E-state index contributed by atoms with van der Waals surface area (Å²) < 4.78 is 0. The minimum atomic E-state index is -1.40. The molecule has 42 heavy (non-hydrogen) atoms. The van der Waals surface area contributed by atoms with Crippen LogP contribution in [0.15, 0.2) is 84.4 Å². The Labute approximate surface area is 247 Å². The average molecular weight is 582 g/mol. The molecule has 0 bridgehead atoms. The number of aryl methyl sites for hydroxylation is 1. The molecule has 3 N–H and O–H groups in total. The maximum Gasteiger partial charge on any atom is 0.260 e. The minimum absolute atomic E-state index is 0.0311. The van der Waals surface area contributed by atoms with Gasteiger partial charge in [0.2, 0.25) is 11.8 Å². The molecular formula is C33H28ClN3O5.